The Hall–Kier alpha value is -1.43. The Balaban J connectivity index is 2.28. The van der Waals surface area contributed by atoms with Gasteiger partial charge < -0.3 is 0 Å². The Bertz CT molecular complexity index is 597. The van der Waals surface area contributed by atoms with Crippen LogP contribution in [-0.2, 0) is 19.9 Å². The molecule has 1 heterocycles. The van der Waals surface area contributed by atoms with E-state index in [4.69, 9.17) is 17.4 Å². The van der Waals surface area contributed by atoms with Crippen LogP contribution in [0.5, 0.6) is 0 Å². The Kier molecular flexibility index (Phi) is 4.75. The first-order valence-corrected chi connectivity index (χ1v) is 6.85. The van der Waals surface area contributed by atoms with Crippen LogP contribution < -0.4 is 11.3 Å². The molecule has 0 spiro atoms. The minimum atomic E-state index is -0.320. The minimum Gasteiger partial charge on any atom is -0.275 e. The van der Waals surface area contributed by atoms with Gasteiger partial charge in [-0.1, -0.05) is 24.6 Å². The highest BCUT2D eigenvalue weighted by Crippen LogP contribution is 2.24. The molecule has 20 heavy (non-hydrogen) atoms. The highest BCUT2D eigenvalue weighted by atomic mass is 35.5. The molecule has 0 amide bonds. The number of nitrogens with zero attached hydrogens (tertiary/aromatic N) is 2. The summed E-state index contributed by atoms with van der Waals surface area (Å²) in [7, 11) is 1.86. The van der Waals surface area contributed by atoms with E-state index < -0.39 is 0 Å². The molecule has 2 aromatic rings. The first kappa shape index (κ1) is 15.0. The fourth-order valence-electron chi connectivity index (χ4n) is 2.28. The maximum absolute atomic E-state index is 13.9. The molecule has 0 fully saturated rings. The predicted molar refractivity (Wildman–Crippen MR) is 77.8 cm³/mol. The van der Waals surface area contributed by atoms with Gasteiger partial charge in [-0.3, -0.25) is 16.0 Å². The van der Waals surface area contributed by atoms with Crippen molar-refractivity contribution in [2.45, 2.75) is 25.8 Å². The van der Waals surface area contributed by atoms with E-state index in [1.165, 1.54) is 6.07 Å². The van der Waals surface area contributed by atoms with Crippen molar-refractivity contribution in [1.29, 1.82) is 0 Å². The fraction of sp³-hybridized carbons (Fsp3) is 0.357. The second-order valence-corrected chi connectivity index (χ2v) is 5.15. The van der Waals surface area contributed by atoms with E-state index in [2.05, 4.69) is 10.5 Å². The number of aryl methyl sites for hydroxylation is 2. The van der Waals surface area contributed by atoms with Gasteiger partial charge in [0.05, 0.1) is 11.7 Å². The van der Waals surface area contributed by atoms with E-state index in [0.29, 0.717) is 17.0 Å². The molecule has 1 atom stereocenters. The number of hydrogen-bond acceptors (Lipinski definition) is 3. The second kappa shape index (κ2) is 6.35. The number of hydrogen-bond donors (Lipinski definition) is 2. The van der Waals surface area contributed by atoms with Crippen LogP contribution in [0.2, 0.25) is 5.02 Å². The molecule has 1 aromatic carbocycles. The van der Waals surface area contributed by atoms with E-state index >= 15 is 0 Å². The van der Waals surface area contributed by atoms with Gasteiger partial charge in [-0.2, -0.15) is 5.10 Å². The van der Waals surface area contributed by atoms with E-state index in [1.54, 1.807) is 16.8 Å². The smallest absolute Gasteiger partial charge is 0.127 e. The third kappa shape index (κ3) is 3.17. The van der Waals surface area contributed by atoms with Crippen LogP contribution in [0, 0.1) is 5.82 Å². The Labute approximate surface area is 122 Å². The predicted octanol–water partition coefficient (Wildman–Crippen LogP) is 2.52. The molecule has 1 aromatic heterocycles. The lowest BCUT2D eigenvalue weighted by atomic mass is 9.99. The molecule has 2 rings (SSSR count). The standard InChI is InChI=1S/C14H18ClFN4/c1-3-13-11(8-20(2)19-13)14(18-17)6-9-4-5-10(15)7-12(9)16/h4-5,7-8,14,18H,3,6,17H2,1-2H3. The van der Waals surface area contributed by atoms with Crippen molar-refractivity contribution in [2.24, 2.45) is 12.9 Å². The number of nitrogens with one attached hydrogen (secondary N) is 1. The molecule has 0 bridgehead atoms. The first-order chi connectivity index (χ1) is 9.55. The maximum Gasteiger partial charge on any atom is 0.127 e. The molecule has 3 N–H and O–H groups in total. The molecule has 0 radical (unpaired) electrons. The number of halogens is 2. The van der Waals surface area contributed by atoms with Gasteiger partial charge in [0, 0.05) is 23.8 Å². The summed E-state index contributed by atoms with van der Waals surface area (Å²) in [6.07, 6.45) is 3.16. The van der Waals surface area contributed by atoms with Gasteiger partial charge in [0.25, 0.3) is 0 Å². The highest BCUT2D eigenvalue weighted by molar-refractivity contribution is 6.30. The van der Waals surface area contributed by atoms with Crippen molar-refractivity contribution in [2.75, 3.05) is 0 Å². The topological polar surface area (TPSA) is 55.9 Å². The average molecular weight is 297 g/mol. The summed E-state index contributed by atoms with van der Waals surface area (Å²) in [5.74, 6) is 5.31. The van der Waals surface area contributed by atoms with E-state index in [9.17, 15) is 4.39 Å². The summed E-state index contributed by atoms with van der Waals surface area (Å²) in [6, 6.07) is 4.49. The van der Waals surface area contributed by atoms with Gasteiger partial charge in [-0.25, -0.2) is 4.39 Å². The third-order valence-corrected chi connectivity index (χ3v) is 3.52. The molecule has 1 unspecified atom stereocenters. The van der Waals surface area contributed by atoms with Gasteiger partial charge >= 0.3 is 0 Å². The molecule has 0 saturated heterocycles. The van der Waals surface area contributed by atoms with E-state index in [-0.39, 0.29) is 11.9 Å². The monoisotopic (exact) mass is 296 g/mol. The fourth-order valence-corrected chi connectivity index (χ4v) is 2.44. The number of rotatable bonds is 5. The zero-order chi connectivity index (χ0) is 14.7. The van der Waals surface area contributed by atoms with Crippen LogP contribution in [0.1, 0.15) is 29.8 Å². The lowest BCUT2D eigenvalue weighted by Crippen LogP contribution is -2.30. The summed E-state index contributed by atoms with van der Waals surface area (Å²) in [6.45, 7) is 2.03. The molecule has 108 valence electrons. The van der Waals surface area contributed by atoms with Crippen molar-refractivity contribution in [1.82, 2.24) is 15.2 Å². The largest absolute Gasteiger partial charge is 0.275 e. The minimum absolute atomic E-state index is 0.186. The van der Waals surface area contributed by atoms with Gasteiger partial charge in [0.1, 0.15) is 5.82 Å². The molecular formula is C14H18ClFN4. The molecule has 0 aliphatic heterocycles. The zero-order valence-corrected chi connectivity index (χ0v) is 12.3. The summed E-state index contributed by atoms with van der Waals surface area (Å²) < 4.78 is 15.6. The van der Waals surface area contributed by atoms with Gasteiger partial charge in [0.2, 0.25) is 0 Å². The second-order valence-electron chi connectivity index (χ2n) is 4.72. The summed E-state index contributed by atoms with van der Waals surface area (Å²) in [4.78, 5) is 0. The van der Waals surface area contributed by atoms with Crippen LogP contribution in [0.15, 0.2) is 24.4 Å². The van der Waals surface area contributed by atoms with Crippen LogP contribution in [0.4, 0.5) is 4.39 Å². The molecule has 0 aliphatic carbocycles. The summed E-state index contributed by atoms with van der Waals surface area (Å²) >= 11 is 5.76. The Morgan fingerprint density at radius 3 is 2.85 bits per heavy atom. The summed E-state index contributed by atoms with van der Waals surface area (Å²) in [5.41, 5.74) is 5.27. The normalized spacial score (nSPS) is 12.7. The quantitative estimate of drug-likeness (QED) is 0.658. The lowest BCUT2D eigenvalue weighted by molar-refractivity contribution is 0.526. The maximum atomic E-state index is 13.9. The van der Waals surface area contributed by atoms with Crippen LogP contribution in [0.25, 0.3) is 0 Å². The Morgan fingerprint density at radius 1 is 1.50 bits per heavy atom. The molecular weight excluding hydrogens is 279 g/mol. The van der Waals surface area contributed by atoms with Crippen molar-refractivity contribution in [3.05, 3.63) is 52.1 Å². The average Bonchev–Trinajstić information content (AvgIpc) is 2.79. The lowest BCUT2D eigenvalue weighted by Gasteiger charge is -2.16. The van der Waals surface area contributed by atoms with Crippen LogP contribution >= 0.6 is 11.6 Å². The van der Waals surface area contributed by atoms with Gasteiger partial charge in [0.15, 0.2) is 0 Å². The third-order valence-electron chi connectivity index (χ3n) is 3.29. The van der Waals surface area contributed by atoms with E-state index in [1.807, 2.05) is 20.2 Å². The number of benzene rings is 1. The molecule has 6 heteroatoms. The van der Waals surface area contributed by atoms with Crippen LogP contribution in [-0.4, -0.2) is 9.78 Å². The summed E-state index contributed by atoms with van der Waals surface area (Å²) in [5, 5.41) is 4.77. The number of nitrogens with two attached hydrogens (primary N) is 1. The SMILES string of the molecule is CCc1nn(C)cc1C(Cc1ccc(Cl)cc1F)NN. The highest BCUT2D eigenvalue weighted by Gasteiger charge is 2.18. The Morgan fingerprint density at radius 2 is 2.25 bits per heavy atom. The number of hydrazine groups is 1. The van der Waals surface area contributed by atoms with Crippen molar-refractivity contribution in [3.8, 4) is 0 Å². The van der Waals surface area contributed by atoms with Crippen LogP contribution in [0.3, 0.4) is 0 Å². The first-order valence-electron chi connectivity index (χ1n) is 6.47. The van der Waals surface area contributed by atoms with Crippen molar-refractivity contribution < 1.29 is 4.39 Å². The van der Waals surface area contributed by atoms with Crippen molar-refractivity contribution >= 4 is 11.6 Å². The van der Waals surface area contributed by atoms with Gasteiger partial charge in [-0.05, 0) is 30.5 Å². The van der Waals surface area contributed by atoms with Gasteiger partial charge in [-0.15, -0.1) is 0 Å². The molecule has 4 nitrogen and oxygen atoms in total. The molecule has 0 aliphatic rings. The zero-order valence-electron chi connectivity index (χ0n) is 11.5. The number of aromatic nitrogens is 2. The van der Waals surface area contributed by atoms with E-state index in [0.717, 1.165) is 17.7 Å². The van der Waals surface area contributed by atoms with Crippen molar-refractivity contribution in [3.63, 3.8) is 0 Å². The molecule has 0 saturated carbocycles.